The number of ketones is 1. The van der Waals surface area contributed by atoms with E-state index in [1.807, 2.05) is 24.3 Å². The third kappa shape index (κ3) is 4.33. The first-order valence-corrected chi connectivity index (χ1v) is 12.9. The van der Waals surface area contributed by atoms with Crippen LogP contribution in [0.15, 0.2) is 60.9 Å². The Morgan fingerprint density at radius 3 is 2.00 bits per heavy atom. The second kappa shape index (κ2) is 9.53. The zero-order valence-electron chi connectivity index (χ0n) is 20.5. The fourth-order valence-corrected chi connectivity index (χ4v) is 6.40. The van der Waals surface area contributed by atoms with Crippen molar-refractivity contribution >= 4 is 11.9 Å². The van der Waals surface area contributed by atoms with Crippen LogP contribution in [0.3, 0.4) is 0 Å². The lowest BCUT2D eigenvalue weighted by atomic mass is 9.76. The summed E-state index contributed by atoms with van der Waals surface area (Å²) < 4.78 is 44.3. The maximum absolute atomic E-state index is 13.4. The smallest absolute Gasteiger partial charge is 0.448 e. The van der Waals surface area contributed by atoms with Crippen molar-refractivity contribution in [1.82, 2.24) is 14.9 Å². The molecule has 2 bridgehead atoms. The third-order valence-corrected chi connectivity index (χ3v) is 8.08. The molecule has 6 rings (SSSR count). The topological polar surface area (TPSA) is 72.4 Å². The van der Waals surface area contributed by atoms with Gasteiger partial charge in [-0.15, -0.1) is 0 Å². The Hall–Kier alpha value is -3.75. The number of halogens is 3. The molecule has 1 amide bonds. The van der Waals surface area contributed by atoms with Gasteiger partial charge in [0.1, 0.15) is 6.61 Å². The number of alkyl halides is 3. The predicted molar refractivity (Wildman–Crippen MR) is 132 cm³/mol. The average Bonchev–Trinajstić information content (AvgIpc) is 3.24. The second-order valence-corrected chi connectivity index (χ2v) is 10.3. The number of hydrogen-bond donors (Lipinski definition) is 0. The number of amides is 1. The maximum Gasteiger partial charge on any atom is 0.451 e. The number of fused-ring (bicyclic) bond motifs is 5. The van der Waals surface area contributed by atoms with E-state index in [1.54, 1.807) is 4.90 Å². The summed E-state index contributed by atoms with van der Waals surface area (Å²) in [5.41, 5.74) is 4.67. The van der Waals surface area contributed by atoms with E-state index >= 15 is 0 Å². The molecular formula is C29H26F3N3O3. The molecule has 2 aromatic carbocycles. The van der Waals surface area contributed by atoms with Gasteiger partial charge in [-0.1, -0.05) is 48.5 Å². The van der Waals surface area contributed by atoms with Crippen molar-refractivity contribution in [2.24, 2.45) is 5.92 Å². The van der Waals surface area contributed by atoms with Gasteiger partial charge in [0.2, 0.25) is 5.82 Å². The molecule has 2 atom stereocenters. The van der Waals surface area contributed by atoms with Crippen LogP contribution in [0.25, 0.3) is 11.1 Å². The maximum atomic E-state index is 13.4. The molecule has 3 heterocycles. The molecule has 196 valence electrons. The molecule has 3 aromatic rings. The number of piperidine rings is 2. The summed E-state index contributed by atoms with van der Waals surface area (Å²) in [5.74, 6) is -1.98. The molecule has 9 heteroatoms. The van der Waals surface area contributed by atoms with Crippen molar-refractivity contribution in [2.45, 2.75) is 56.3 Å². The van der Waals surface area contributed by atoms with Crippen LogP contribution in [-0.4, -0.2) is 45.4 Å². The minimum atomic E-state index is -4.66. The summed E-state index contributed by atoms with van der Waals surface area (Å²) in [6.45, 7) is 0.230. The lowest BCUT2D eigenvalue weighted by Crippen LogP contribution is -2.55. The standard InChI is InChI=1S/C29H26F3N3O3/c30-29(31,32)27-33-14-18(15-34-27)26(36)17-12-19-6-5-7-20(13-17)35(19)28(37)38-16-25-23-10-3-1-8-21(23)22-9-2-4-11-24(22)25/h1-4,8-11,14-15,17,19-20,25H,5-7,12-13,16H2. The van der Waals surface area contributed by atoms with Crippen molar-refractivity contribution in [2.75, 3.05) is 6.61 Å². The minimum absolute atomic E-state index is 0.0371. The third-order valence-electron chi connectivity index (χ3n) is 8.08. The number of Topliss-reactive ketones (excluding diaryl/α,β-unsaturated/α-hetero) is 1. The minimum Gasteiger partial charge on any atom is -0.448 e. The summed E-state index contributed by atoms with van der Waals surface area (Å²) in [4.78, 5) is 34.9. The molecule has 2 unspecified atom stereocenters. The van der Waals surface area contributed by atoms with Gasteiger partial charge in [0, 0.05) is 36.3 Å². The molecule has 2 saturated heterocycles. The summed E-state index contributed by atoms with van der Waals surface area (Å²) in [6, 6.07) is 16.0. The van der Waals surface area contributed by atoms with E-state index in [-0.39, 0.29) is 42.0 Å². The van der Waals surface area contributed by atoms with E-state index in [9.17, 15) is 22.8 Å². The molecule has 0 N–H and O–H groups in total. The number of aromatic nitrogens is 2. The Balaban J connectivity index is 1.14. The van der Waals surface area contributed by atoms with Crippen LogP contribution in [0.2, 0.25) is 0 Å². The van der Waals surface area contributed by atoms with Crippen LogP contribution in [0.5, 0.6) is 0 Å². The zero-order valence-corrected chi connectivity index (χ0v) is 20.5. The molecule has 6 nitrogen and oxygen atoms in total. The Morgan fingerprint density at radius 1 is 0.895 bits per heavy atom. The first-order valence-electron chi connectivity index (χ1n) is 12.9. The van der Waals surface area contributed by atoms with Crippen molar-refractivity contribution in [3.05, 3.63) is 83.4 Å². The van der Waals surface area contributed by atoms with E-state index in [0.717, 1.165) is 53.9 Å². The number of ether oxygens (including phenoxy) is 1. The van der Waals surface area contributed by atoms with Crippen LogP contribution < -0.4 is 0 Å². The van der Waals surface area contributed by atoms with Crippen molar-refractivity contribution in [3.8, 4) is 11.1 Å². The highest BCUT2D eigenvalue weighted by atomic mass is 19.4. The van der Waals surface area contributed by atoms with Crippen LogP contribution in [0.1, 0.15) is 65.3 Å². The molecule has 3 aliphatic rings. The van der Waals surface area contributed by atoms with E-state index < -0.39 is 17.9 Å². The Morgan fingerprint density at radius 2 is 1.45 bits per heavy atom. The Kier molecular flexibility index (Phi) is 6.16. The fourth-order valence-electron chi connectivity index (χ4n) is 6.40. The van der Waals surface area contributed by atoms with Crippen molar-refractivity contribution in [3.63, 3.8) is 0 Å². The van der Waals surface area contributed by atoms with E-state index in [4.69, 9.17) is 4.74 Å². The Bertz CT molecular complexity index is 1320. The fraction of sp³-hybridized carbons (Fsp3) is 0.379. The van der Waals surface area contributed by atoms with Gasteiger partial charge in [0.25, 0.3) is 0 Å². The number of rotatable bonds is 4. The molecule has 2 aliphatic heterocycles. The number of carbonyl (C=O) groups is 2. The monoisotopic (exact) mass is 521 g/mol. The van der Waals surface area contributed by atoms with Gasteiger partial charge in [-0.05, 0) is 54.4 Å². The van der Waals surface area contributed by atoms with Gasteiger partial charge in [0.05, 0.1) is 5.56 Å². The van der Waals surface area contributed by atoms with Gasteiger partial charge >= 0.3 is 12.3 Å². The average molecular weight is 522 g/mol. The molecule has 2 fully saturated rings. The molecule has 0 radical (unpaired) electrons. The van der Waals surface area contributed by atoms with Gasteiger partial charge in [-0.3, -0.25) is 4.79 Å². The van der Waals surface area contributed by atoms with Crippen LogP contribution in [0, 0.1) is 5.92 Å². The lowest BCUT2D eigenvalue weighted by Gasteiger charge is -2.47. The summed E-state index contributed by atoms with van der Waals surface area (Å²) in [5, 5.41) is 0. The highest BCUT2D eigenvalue weighted by Crippen LogP contribution is 2.45. The summed E-state index contributed by atoms with van der Waals surface area (Å²) in [7, 11) is 0. The van der Waals surface area contributed by atoms with Crippen LogP contribution >= 0.6 is 0 Å². The molecular weight excluding hydrogens is 495 g/mol. The molecule has 0 spiro atoms. The van der Waals surface area contributed by atoms with Crippen molar-refractivity contribution < 1.29 is 27.5 Å². The molecule has 1 aromatic heterocycles. The van der Waals surface area contributed by atoms with E-state index in [1.165, 1.54) is 0 Å². The highest BCUT2D eigenvalue weighted by molar-refractivity contribution is 5.97. The van der Waals surface area contributed by atoms with E-state index in [2.05, 4.69) is 34.2 Å². The highest BCUT2D eigenvalue weighted by Gasteiger charge is 2.44. The van der Waals surface area contributed by atoms with Gasteiger partial charge in [-0.2, -0.15) is 13.2 Å². The largest absolute Gasteiger partial charge is 0.451 e. The van der Waals surface area contributed by atoms with E-state index in [0.29, 0.717) is 12.8 Å². The van der Waals surface area contributed by atoms with Gasteiger partial charge < -0.3 is 9.64 Å². The molecule has 38 heavy (non-hydrogen) atoms. The summed E-state index contributed by atoms with van der Waals surface area (Å²) in [6.07, 6.45) is 0.228. The number of benzene rings is 2. The van der Waals surface area contributed by atoms with Crippen LogP contribution in [0.4, 0.5) is 18.0 Å². The molecule has 0 saturated carbocycles. The van der Waals surface area contributed by atoms with Crippen LogP contribution in [-0.2, 0) is 10.9 Å². The van der Waals surface area contributed by atoms with Crippen molar-refractivity contribution in [1.29, 1.82) is 0 Å². The predicted octanol–water partition coefficient (Wildman–Crippen LogP) is 6.26. The van der Waals surface area contributed by atoms with Gasteiger partial charge in [-0.25, -0.2) is 14.8 Å². The van der Waals surface area contributed by atoms with Gasteiger partial charge in [0.15, 0.2) is 5.78 Å². The number of carbonyl (C=O) groups excluding carboxylic acids is 2. The Labute approximate surface area is 217 Å². The second-order valence-electron chi connectivity index (χ2n) is 10.3. The molecule has 1 aliphatic carbocycles. The normalized spacial score (nSPS) is 22.5. The first-order chi connectivity index (χ1) is 18.3. The first kappa shape index (κ1) is 24.6. The quantitative estimate of drug-likeness (QED) is 0.379. The zero-order chi connectivity index (χ0) is 26.4. The number of hydrogen-bond acceptors (Lipinski definition) is 5. The number of nitrogens with zero attached hydrogens (tertiary/aromatic N) is 3. The SMILES string of the molecule is O=C(c1cnc(C(F)(F)F)nc1)C1CC2CCCC(C1)N2C(=O)OCC1c2ccccc2-c2ccccc21. The summed E-state index contributed by atoms with van der Waals surface area (Å²) >= 11 is 0. The lowest BCUT2D eigenvalue weighted by molar-refractivity contribution is -0.145.